The fourth-order valence-electron chi connectivity index (χ4n) is 3.18. The first-order valence-electron chi connectivity index (χ1n) is 9.85. The second kappa shape index (κ2) is 9.75. The Morgan fingerprint density at radius 1 is 0.579 bits per heavy atom. The minimum absolute atomic E-state index is 0.291. The Balaban J connectivity index is 1.96. The predicted molar refractivity (Wildman–Crippen MR) is 114 cm³/mol. The number of nitrogens with one attached hydrogen (secondary N) is 2. The molecule has 6 N–H and O–H groups in total. The van der Waals surface area contributed by atoms with Crippen LogP contribution in [0.4, 0.5) is 66.7 Å². The first-order valence-corrected chi connectivity index (χ1v) is 9.85. The fourth-order valence-corrected chi connectivity index (χ4v) is 3.18. The van der Waals surface area contributed by atoms with Gasteiger partial charge in [-0.25, -0.2) is 17.6 Å². The Bertz CT molecular complexity index is 1310. The molecule has 0 aliphatic heterocycles. The highest BCUT2D eigenvalue weighted by Crippen LogP contribution is 2.37. The molecule has 3 aromatic carbocycles. The van der Waals surface area contributed by atoms with E-state index in [1.165, 1.54) is 0 Å². The first-order chi connectivity index (χ1) is 17.4. The third-order valence-corrected chi connectivity index (χ3v) is 4.95. The molecule has 3 rings (SSSR count). The van der Waals surface area contributed by atoms with Crippen LogP contribution in [0, 0.1) is 23.3 Å². The lowest BCUT2D eigenvalue weighted by Crippen LogP contribution is -2.24. The van der Waals surface area contributed by atoms with Gasteiger partial charge in [0, 0.05) is 22.7 Å². The third kappa shape index (κ3) is 5.42. The molecule has 0 aromatic heterocycles. The van der Waals surface area contributed by atoms with Gasteiger partial charge in [0.15, 0.2) is 23.3 Å². The molecule has 0 bridgehead atoms. The molecule has 6 nitrogen and oxygen atoms in total. The summed E-state index contributed by atoms with van der Waals surface area (Å²) in [6.07, 6.45) is -9.97. The SMILES string of the molecule is Nc1ccc(NC(=O)c2c(F)c(F)c(C(=O)Nc3ccc(N)c(C(F)(F)F)c3)c(F)c2F)cc1C(F)(F)F. The van der Waals surface area contributed by atoms with Crippen molar-refractivity contribution in [3.63, 3.8) is 0 Å². The van der Waals surface area contributed by atoms with Gasteiger partial charge in [-0.3, -0.25) is 9.59 Å². The molecule has 0 radical (unpaired) electrons. The Labute approximate surface area is 205 Å². The number of hydrogen-bond acceptors (Lipinski definition) is 4. The Morgan fingerprint density at radius 2 is 0.868 bits per heavy atom. The minimum Gasteiger partial charge on any atom is -0.398 e. The molecule has 0 spiro atoms. The smallest absolute Gasteiger partial charge is 0.398 e. The van der Waals surface area contributed by atoms with Crippen LogP contribution >= 0.6 is 0 Å². The molecule has 2 amide bonds. The van der Waals surface area contributed by atoms with Crippen molar-refractivity contribution in [3.05, 3.63) is 81.9 Å². The van der Waals surface area contributed by atoms with Crippen LogP contribution in [0.2, 0.25) is 0 Å². The van der Waals surface area contributed by atoms with Crippen molar-refractivity contribution in [3.8, 4) is 0 Å². The lowest BCUT2D eigenvalue weighted by molar-refractivity contribution is -0.137. The zero-order chi connectivity index (χ0) is 28.7. The van der Waals surface area contributed by atoms with Gasteiger partial charge in [0.1, 0.15) is 11.1 Å². The molecule has 16 heteroatoms. The van der Waals surface area contributed by atoms with Crippen molar-refractivity contribution in [2.45, 2.75) is 12.4 Å². The van der Waals surface area contributed by atoms with Crippen molar-refractivity contribution in [1.29, 1.82) is 0 Å². The van der Waals surface area contributed by atoms with E-state index in [9.17, 15) is 53.5 Å². The monoisotopic (exact) mass is 554 g/mol. The van der Waals surface area contributed by atoms with Gasteiger partial charge in [-0.05, 0) is 36.4 Å². The molecular weight excluding hydrogens is 542 g/mol. The summed E-state index contributed by atoms with van der Waals surface area (Å²) in [5.41, 5.74) is 0.708. The molecule has 0 heterocycles. The van der Waals surface area contributed by atoms with Gasteiger partial charge in [0.05, 0.1) is 11.1 Å². The molecule has 0 unspecified atom stereocenters. The standard InChI is InChI=1S/C22H12F10N4O2/c23-15-13(19(37)35-7-1-3-11(33)9(5-7)21(27,28)29)16(24)18(26)14(17(15)25)20(38)36-8-2-4-12(34)10(6-8)22(30,31)32/h1-6H,33-34H2,(H,35,37)(H,36,38). The van der Waals surface area contributed by atoms with E-state index < -0.39 is 92.4 Å². The summed E-state index contributed by atoms with van der Waals surface area (Å²) in [6, 6.07) is 3.57. The van der Waals surface area contributed by atoms with Gasteiger partial charge in [-0.1, -0.05) is 0 Å². The number of carbonyl (C=O) groups is 2. The molecule has 0 saturated carbocycles. The van der Waals surface area contributed by atoms with E-state index in [-0.39, 0.29) is 0 Å². The Morgan fingerprint density at radius 3 is 1.13 bits per heavy atom. The van der Waals surface area contributed by atoms with Crippen molar-refractivity contribution in [2.75, 3.05) is 22.1 Å². The number of nitrogen functional groups attached to an aromatic ring is 2. The maximum atomic E-state index is 14.6. The molecule has 0 aliphatic carbocycles. The first kappa shape index (κ1) is 28.1. The van der Waals surface area contributed by atoms with Gasteiger partial charge in [-0.2, -0.15) is 26.3 Å². The zero-order valence-electron chi connectivity index (χ0n) is 18.2. The van der Waals surface area contributed by atoms with E-state index in [0.717, 1.165) is 12.1 Å². The molecule has 0 aliphatic rings. The lowest BCUT2D eigenvalue weighted by atomic mass is 10.1. The highest BCUT2D eigenvalue weighted by molar-refractivity contribution is 6.08. The molecule has 0 atom stereocenters. The number of nitrogens with two attached hydrogens (primary N) is 2. The van der Waals surface area contributed by atoms with Gasteiger partial charge >= 0.3 is 12.4 Å². The van der Waals surface area contributed by atoms with Crippen LogP contribution in [0.1, 0.15) is 31.8 Å². The van der Waals surface area contributed by atoms with E-state index in [1.807, 2.05) is 0 Å². The van der Waals surface area contributed by atoms with Crippen LogP contribution in [-0.2, 0) is 12.4 Å². The maximum Gasteiger partial charge on any atom is 0.418 e. The highest BCUT2D eigenvalue weighted by atomic mass is 19.4. The normalized spacial score (nSPS) is 11.8. The second-order valence-corrected chi connectivity index (χ2v) is 7.51. The molecule has 3 aromatic rings. The molecule has 202 valence electrons. The average molecular weight is 554 g/mol. The van der Waals surface area contributed by atoms with Crippen LogP contribution in [0.15, 0.2) is 36.4 Å². The number of alkyl halides is 6. The number of rotatable bonds is 4. The third-order valence-electron chi connectivity index (χ3n) is 4.95. The van der Waals surface area contributed by atoms with Crippen molar-refractivity contribution in [2.24, 2.45) is 0 Å². The number of benzene rings is 3. The molecule has 0 fully saturated rings. The van der Waals surface area contributed by atoms with Crippen molar-refractivity contribution >= 4 is 34.6 Å². The van der Waals surface area contributed by atoms with E-state index in [0.29, 0.717) is 24.3 Å². The number of halogens is 10. The number of hydrogen-bond donors (Lipinski definition) is 4. The number of amides is 2. The van der Waals surface area contributed by atoms with Crippen LogP contribution in [-0.4, -0.2) is 11.8 Å². The molecule has 38 heavy (non-hydrogen) atoms. The molecular formula is C22H12F10N4O2. The summed E-state index contributed by atoms with van der Waals surface area (Å²) >= 11 is 0. The van der Waals surface area contributed by atoms with E-state index >= 15 is 0 Å². The average Bonchev–Trinajstić information content (AvgIpc) is 2.79. The van der Waals surface area contributed by atoms with Crippen molar-refractivity contribution < 1.29 is 53.5 Å². The Kier molecular flexibility index (Phi) is 7.21. The van der Waals surface area contributed by atoms with Crippen LogP contribution in [0.3, 0.4) is 0 Å². The van der Waals surface area contributed by atoms with Crippen LogP contribution in [0.5, 0.6) is 0 Å². The van der Waals surface area contributed by atoms with E-state index in [1.54, 1.807) is 10.6 Å². The van der Waals surface area contributed by atoms with Crippen molar-refractivity contribution in [1.82, 2.24) is 0 Å². The summed E-state index contributed by atoms with van der Waals surface area (Å²) in [7, 11) is 0. The fraction of sp³-hybridized carbons (Fsp3) is 0.0909. The Hall–Kier alpha value is -4.50. The summed E-state index contributed by atoms with van der Waals surface area (Å²) in [6.45, 7) is 0. The predicted octanol–water partition coefficient (Wildman–Crippen LogP) is 5.95. The summed E-state index contributed by atoms with van der Waals surface area (Å²) in [4.78, 5) is 24.6. The zero-order valence-corrected chi connectivity index (χ0v) is 18.2. The van der Waals surface area contributed by atoms with Gasteiger partial charge < -0.3 is 22.1 Å². The highest BCUT2D eigenvalue weighted by Gasteiger charge is 2.36. The topological polar surface area (TPSA) is 110 Å². The minimum atomic E-state index is -4.99. The summed E-state index contributed by atoms with van der Waals surface area (Å²) < 4.78 is 136. The van der Waals surface area contributed by atoms with Gasteiger partial charge in [0.2, 0.25) is 0 Å². The largest absolute Gasteiger partial charge is 0.418 e. The van der Waals surface area contributed by atoms with Crippen LogP contribution < -0.4 is 22.1 Å². The van der Waals surface area contributed by atoms with E-state index in [4.69, 9.17) is 11.5 Å². The van der Waals surface area contributed by atoms with Crippen LogP contribution in [0.25, 0.3) is 0 Å². The van der Waals surface area contributed by atoms with E-state index in [2.05, 4.69) is 0 Å². The van der Waals surface area contributed by atoms with Gasteiger partial charge in [-0.15, -0.1) is 0 Å². The molecule has 0 saturated heterocycles. The lowest BCUT2D eigenvalue weighted by Gasteiger charge is -2.15. The number of carbonyl (C=O) groups excluding carboxylic acids is 2. The maximum absolute atomic E-state index is 14.6. The quantitative estimate of drug-likeness (QED) is 0.182. The van der Waals surface area contributed by atoms with Gasteiger partial charge in [0.25, 0.3) is 11.8 Å². The second-order valence-electron chi connectivity index (χ2n) is 7.51. The number of anilines is 4. The summed E-state index contributed by atoms with van der Waals surface area (Å²) in [5.74, 6) is -13.5. The summed E-state index contributed by atoms with van der Waals surface area (Å²) in [5, 5.41) is 3.24.